The van der Waals surface area contributed by atoms with Gasteiger partial charge in [-0.05, 0) is 41.8 Å². The normalized spacial score (nSPS) is 12.7. The Bertz CT molecular complexity index is 726. The monoisotopic (exact) mass is 345 g/mol. The number of hydrogen-bond acceptors (Lipinski definition) is 3. The van der Waals surface area contributed by atoms with Gasteiger partial charge in [-0.3, -0.25) is 4.79 Å². The number of H-pyrrole nitrogens is 1. The zero-order chi connectivity index (χ0) is 17.0. The highest BCUT2D eigenvalue weighted by molar-refractivity contribution is 7.07. The molecule has 23 heavy (non-hydrogen) atoms. The number of alkyl halides is 3. The molecule has 9 heteroatoms. The van der Waals surface area contributed by atoms with Crippen LogP contribution in [0.1, 0.15) is 18.1 Å². The summed E-state index contributed by atoms with van der Waals surface area (Å²) in [5.74, 6) is 0. The molecule has 0 radical (unpaired) electrons. The lowest BCUT2D eigenvalue weighted by Crippen LogP contribution is -2.38. The molecule has 2 rings (SSSR count). The van der Waals surface area contributed by atoms with Gasteiger partial charge in [0, 0.05) is 12.2 Å². The molecule has 0 aliphatic heterocycles. The molecule has 5 nitrogen and oxygen atoms in total. The number of aromatic amines is 1. The summed E-state index contributed by atoms with van der Waals surface area (Å²) < 4.78 is 37.8. The molecule has 0 aliphatic carbocycles. The Morgan fingerprint density at radius 2 is 2.17 bits per heavy atom. The zero-order valence-electron chi connectivity index (χ0n) is 12.0. The highest BCUT2D eigenvalue weighted by atomic mass is 32.1. The Kier molecular flexibility index (Phi) is 5.09. The Labute approximate surface area is 133 Å². The van der Waals surface area contributed by atoms with Crippen LogP contribution in [0.3, 0.4) is 0 Å². The maximum Gasteiger partial charge on any atom is 0.417 e. The number of halogens is 3. The second-order valence-electron chi connectivity index (χ2n) is 4.96. The van der Waals surface area contributed by atoms with Gasteiger partial charge in [-0.1, -0.05) is 0 Å². The fraction of sp³-hybridized carbons (Fsp3) is 0.286. The second kappa shape index (κ2) is 6.86. The molecule has 1 unspecified atom stereocenters. The first kappa shape index (κ1) is 17.1. The van der Waals surface area contributed by atoms with Gasteiger partial charge >= 0.3 is 12.2 Å². The van der Waals surface area contributed by atoms with Crippen molar-refractivity contribution < 1.29 is 18.0 Å². The van der Waals surface area contributed by atoms with Crippen LogP contribution in [0.4, 0.5) is 23.7 Å². The van der Waals surface area contributed by atoms with Crippen LogP contribution in [0, 0.1) is 0 Å². The Morgan fingerprint density at radius 3 is 2.78 bits per heavy atom. The number of thiophene rings is 1. The average molecular weight is 345 g/mol. The minimum absolute atomic E-state index is 0.241. The van der Waals surface area contributed by atoms with Crippen molar-refractivity contribution in [2.75, 3.05) is 5.32 Å². The van der Waals surface area contributed by atoms with E-state index in [9.17, 15) is 22.8 Å². The van der Waals surface area contributed by atoms with E-state index >= 15 is 0 Å². The minimum atomic E-state index is -4.61. The van der Waals surface area contributed by atoms with E-state index in [1.807, 2.05) is 21.8 Å². The first-order chi connectivity index (χ1) is 10.8. The Morgan fingerprint density at radius 1 is 1.43 bits per heavy atom. The lowest BCUT2D eigenvalue weighted by molar-refractivity contribution is -0.137. The zero-order valence-corrected chi connectivity index (χ0v) is 12.8. The largest absolute Gasteiger partial charge is 0.417 e. The summed E-state index contributed by atoms with van der Waals surface area (Å²) >= 11 is 1.53. The standard InChI is InChI=1S/C14H14F3N3O2S/c1-8(4-9-2-3-23-7-9)19-13(22)20-11-5-10(14(15,16)17)6-18-12(11)21/h2-3,5-8H,4H2,1H3,(H,18,21)(H2,19,20,22). The third kappa shape index (κ3) is 4.85. The van der Waals surface area contributed by atoms with Crippen LogP contribution in [0.2, 0.25) is 0 Å². The van der Waals surface area contributed by atoms with Crippen LogP contribution >= 0.6 is 11.3 Å². The van der Waals surface area contributed by atoms with Gasteiger partial charge in [0.15, 0.2) is 0 Å². The number of carbonyl (C=O) groups excluding carboxylic acids is 1. The predicted molar refractivity (Wildman–Crippen MR) is 81.7 cm³/mol. The Hall–Kier alpha value is -2.29. The van der Waals surface area contributed by atoms with E-state index in [0.717, 1.165) is 5.56 Å². The fourth-order valence-corrected chi connectivity index (χ4v) is 2.62. The Balaban J connectivity index is 2.01. The van der Waals surface area contributed by atoms with E-state index in [1.165, 1.54) is 11.3 Å². The van der Waals surface area contributed by atoms with E-state index in [0.29, 0.717) is 18.7 Å². The number of carbonyl (C=O) groups is 1. The van der Waals surface area contributed by atoms with Crippen molar-refractivity contribution in [1.82, 2.24) is 10.3 Å². The van der Waals surface area contributed by atoms with Gasteiger partial charge in [-0.15, -0.1) is 0 Å². The molecule has 2 amide bonds. The van der Waals surface area contributed by atoms with Gasteiger partial charge in [0.05, 0.1) is 5.56 Å². The number of aromatic nitrogens is 1. The topological polar surface area (TPSA) is 74.0 Å². The van der Waals surface area contributed by atoms with E-state index in [2.05, 4.69) is 10.6 Å². The van der Waals surface area contributed by atoms with Crippen molar-refractivity contribution in [2.24, 2.45) is 0 Å². The molecule has 2 aromatic heterocycles. The molecular weight excluding hydrogens is 331 g/mol. The van der Waals surface area contributed by atoms with E-state index < -0.39 is 29.0 Å². The molecule has 2 heterocycles. The number of urea groups is 1. The molecule has 0 aliphatic rings. The summed E-state index contributed by atoms with van der Waals surface area (Å²) in [7, 11) is 0. The molecule has 0 fully saturated rings. The number of amides is 2. The molecule has 0 spiro atoms. The molecule has 2 aromatic rings. The van der Waals surface area contributed by atoms with Crippen LogP contribution in [0.25, 0.3) is 0 Å². The van der Waals surface area contributed by atoms with Crippen LogP contribution in [0.15, 0.2) is 33.9 Å². The smallest absolute Gasteiger partial charge is 0.335 e. The summed E-state index contributed by atoms with van der Waals surface area (Å²) in [5, 5.41) is 8.56. The van der Waals surface area contributed by atoms with Gasteiger partial charge in [0.2, 0.25) is 0 Å². The van der Waals surface area contributed by atoms with Gasteiger partial charge in [0.1, 0.15) is 5.69 Å². The lowest BCUT2D eigenvalue weighted by atomic mass is 10.1. The molecule has 3 N–H and O–H groups in total. The molecule has 124 valence electrons. The maximum atomic E-state index is 12.6. The number of pyridine rings is 1. The number of nitrogens with one attached hydrogen (secondary N) is 3. The number of anilines is 1. The molecule has 0 saturated heterocycles. The fourth-order valence-electron chi connectivity index (χ4n) is 1.94. The molecule has 0 aromatic carbocycles. The third-order valence-electron chi connectivity index (χ3n) is 2.98. The number of rotatable bonds is 4. The minimum Gasteiger partial charge on any atom is -0.335 e. The average Bonchev–Trinajstić information content (AvgIpc) is 2.92. The van der Waals surface area contributed by atoms with E-state index in [-0.39, 0.29) is 6.04 Å². The van der Waals surface area contributed by atoms with Gasteiger partial charge < -0.3 is 15.6 Å². The van der Waals surface area contributed by atoms with Crippen LogP contribution in [-0.2, 0) is 12.6 Å². The van der Waals surface area contributed by atoms with Crippen molar-refractivity contribution in [3.05, 3.63) is 50.6 Å². The van der Waals surface area contributed by atoms with Crippen molar-refractivity contribution in [1.29, 1.82) is 0 Å². The molecule has 1 atom stereocenters. The first-order valence-electron chi connectivity index (χ1n) is 6.64. The van der Waals surface area contributed by atoms with Crippen molar-refractivity contribution in [3.8, 4) is 0 Å². The van der Waals surface area contributed by atoms with E-state index in [4.69, 9.17) is 0 Å². The summed E-state index contributed by atoms with van der Waals surface area (Å²) in [4.78, 5) is 25.3. The van der Waals surface area contributed by atoms with Crippen LogP contribution < -0.4 is 16.2 Å². The van der Waals surface area contributed by atoms with Crippen molar-refractivity contribution in [3.63, 3.8) is 0 Å². The van der Waals surface area contributed by atoms with E-state index in [1.54, 1.807) is 6.92 Å². The highest BCUT2D eigenvalue weighted by Crippen LogP contribution is 2.29. The van der Waals surface area contributed by atoms with Gasteiger partial charge in [-0.2, -0.15) is 24.5 Å². The third-order valence-corrected chi connectivity index (χ3v) is 3.71. The summed E-state index contributed by atoms with van der Waals surface area (Å²) in [6.07, 6.45) is -3.47. The number of hydrogen-bond donors (Lipinski definition) is 3. The van der Waals surface area contributed by atoms with Crippen LogP contribution in [0.5, 0.6) is 0 Å². The van der Waals surface area contributed by atoms with Gasteiger partial charge in [0.25, 0.3) is 5.56 Å². The highest BCUT2D eigenvalue weighted by Gasteiger charge is 2.31. The van der Waals surface area contributed by atoms with Crippen molar-refractivity contribution in [2.45, 2.75) is 25.6 Å². The predicted octanol–water partition coefficient (Wildman–Crippen LogP) is 3.21. The first-order valence-corrected chi connectivity index (χ1v) is 7.58. The SMILES string of the molecule is CC(Cc1ccsc1)NC(=O)Nc1cc(C(F)(F)F)c[nH]c1=O. The van der Waals surface area contributed by atoms with Crippen LogP contribution in [-0.4, -0.2) is 17.1 Å². The second-order valence-corrected chi connectivity index (χ2v) is 5.74. The lowest BCUT2D eigenvalue weighted by Gasteiger charge is -2.14. The summed E-state index contributed by atoms with van der Waals surface area (Å²) in [6.45, 7) is 1.76. The molecule has 0 bridgehead atoms. The van der Waals surface area contributed by atoms with Crippen molar-refractivity contribution >= 4 is 23.1 Å². The molecular formula is C14H14F3N3O2S. The summed E-state index contributed by atoms with van der Waals surface area (Å²) in [6, 6.07) is 1.53. The maximum absolute atomic E-state index is 12.6. The quantitative estimate of drug-likeness (QED) is 0.796. The summed E-state index contributed by atoms with van der Waals surface area (Å²) in [5.41, 5.74) is -1.27. The molecule has 0 saturated carbocycles. The van der Waals surface area contributed by atoms with Gasteiger partial charge in [-0.25, -0.2) is 4.79 Å².